The molecule has 1 heterocycles. The number of quaternary nitrogens is 1. The molecule has 1 aliphatic heterocycles. The van der Waals surface area contributed by atoms with Crippen molar-refractivity contribution in [1.29, 1.82) is 0 Å². The van der Waals surface area contributed by atoms with E-state index < -0.39 is 5.92 Å². The largest absolute Gasteiger partial charge is 0.465 e. The molecule has 0 spiro atoms. The van der Waals surface area contributed by atoms with E-state index in [-0.39, 0.29) is 11.8 Å². The van der Waals surface area contributed by atoms with Crippen molar-refractivity contribution in [2.75, 3.05) is 26.2 Å². The van der Waals surface area contributed by atoms with Crippen LogP contribution in [0.2, 0.25) is 0 Å². The maximum Gasteiger partial charge on any atom is 0.316 e. The molecule has 1 aromatic rings. The van der Waals surface area contributed by atoms with Crippen LogP contribution in [0.25, 0.3) is 0 Å². The molecular weight excluding hydrogens is 266 g/mol. The molecule has 114 valence electrons. The molecule has 2 unspecified atom stereocenters. The van der Waals surface area contributed by atoms with Crippen LogP contribution in [-0.2, 0) is 20.9 Å². The molecule has 0 aliphatic carbocycles. The Labute approximate surface area is 126 Å². The van der Waals surface area contributed by atoms with E-state index in [1.54, 1.807) is 6.92 Å². The summed E-state index contributed by atoms with van der Waals surface area (Å²) < 4.78 is 5.74. The Hall–Kier alpha value is -1.68. The number of nitrogens with zero attached hydrogens (tertiary/aromatic N) is 1. The summed E-state index contributed by atoms with van der Waals surface area (Å²) in [6, 6.07) is 10.2. The number of ketones is 1. The van der Waals surface area contributed by atoms with Gasteiger partial charge in [-0.05, 0) is 13.8 Å². The zero-order valence-corrected chi connectivity index (χ0v) is 12.9. The second-order valence-electron chi connectivity index (χ2n) is 5.74. The number of carbonyl (C=O) groups excluding carboxylic acids is 2. The van der Waals surface area contributed by atoms with Gasteiger partial charge in [0.1, 0.15) is 19.0 Å². The second kappa shape index (κ2) is 6.85. The van der Waals surface area contributed by atoms with Gasteiger partial charge in [-0.25, -0.2) is 0 Å². The Morgan fingerprint density at radius 2 is 2.00 bits per heavy atom. The monoisotopic (exact) mass is 290 g/mol. The third-order valence-corrected chi connectivity index (χ3v) is 4.37. The molecule has 4 nitrogen and oxygen atoms in total. The van der Waals surface area contributed by atoms with Crippen LogP contribution in [0.1, 0.15) is 25.8 Å². The van der Waals surface area contributed by atoms with Crippen LogP contribution in [0.4, 0.5) is 0 Å². The Morgan fingerprint density at radius 3 is 2.57 bits per heavy atom. The summed E-state index contributed by atoms with van der Waals surface area (Å²) in [5, 5.41) is 0. The van der Waals surface area contributed by atoms with E-state index in [9.17, 15) is 9.59 Å². The van der Waals surface area contributed by atoms with Crippen molar-refractivity contribution < 1.29 is 18.8 Å². The van der Waals surface area contributed by atoms with Gasteiger partial charge in [-0.1, -0.05) is 30.3 Å². The van der Waals surface area contributed by atoms with Crippen molar-refractivity contribution >= 4 is 11.8 Å². The summed E-state index contributed by atoms with van der Waals surface area (Å²) in [4.78, 5) is 24.2. The van der Waals surface area contributed by atoms with Crippen molar-refractivity contribution in [2.45, 2.75) is 26.8 Å². The summed E-state index contributed by atoms with van der Waals surface area (Å²) in [5.41, 5.74) is 1.24. The van der Waals surface area contributed by atoms with Gasteiger partial charge in [0.15, 0.2) is 0 Å². The topological polar surface area (TPSA) is 43.4 Å². The number of Topliss-reactive ketones (excluding diaryl/α,β-unsaturated/α-hetero) is 1. The molecule has 0 radical (unpaired) electrons. The number of esters is 1. The highest BCUT2D eigenvalue weighted by molar-refractivity contribution is 5.99. The van der Waals surface area contributed by atoms with Crippen LogP contribution in [0.5, 0.6) is 0 Å². The predicted octanol–water partition coefficient (Wildman–Crippen LogP) is 2.18. The lowest BCUT2D eigenvalue weighted by Gasteiger charge is -2.41. The third-order valence-electron chi connectivity index (χ3n) is 4.37. The quantitative estimate of drug-likeness (QED) is 0.474. The number of carbonyl (C=O) groups is 2. The van der Waals surface area contributed by atoms with E-state index in [2.05, 4.69) is 19.1 Å². The number of benzene rings is 1. The SMILES string of the molecule is CCOC(=O)C1CC[N+](CC)(Cc2ccccc2)CC1=O. The predicted molar refractivity (Wildman–Crippen MR) is 80.4 cm³/mol. The molecule has 2 atom stereocenters. The number of likely N-dealkylation sites (tertiary alicyclic amines) is 1. The number of rotatable bonds is 5. The molecule has 1 saturated heterocycles. The first-order chi connectivity index (χ1) is 10.1. The summed E-state index contributed by atoms with van der Waals surface area (Å²) in [6.45, 7) is 7.23. The molecule has 2 rings (SSSR count). The number of piperidine rings is 1. The van der Waals surface area contributed by atoms with Crippen LogP contribution in [0.15, 0.2) is 30.3 Å². The summed E-state index contributed by atoms with van der Waals surface area (Å²) in [7, 11) is 0. The lowest BCUT2D eigenvalue weighted by Crippen LogP contribution is -2.57. The zero-order valence-electron chi connectivity index (χ0n) is 12.9. The van der Waals surface area contributed by atoms with Crippen molar-refractivity contribution in [3.05, 3.63) is 35.9 Å². The summed E-state index contributed by atoms with van der Waals surface area (Å²) in [5.74, 6) is -0.882. The Kier molecular flexibility index (Phi) is 5.12. The van der Waals surface area contributed by atoms with Crippen LogP contribution in [0, 0.1) is 5.92 Å². The first-order valence-corrected chi connectivity index (χ1v) is 7.68. The number of ether oxygens (including phenoxy) is 1. The minimum atomic E-state index is -0.557. The number of hydrogen-bond donors (Lipinski definition) is 0. The smallest absolute Gasteiger partial charge is 0.316 e. The molecule has 21 heavy (non-hydrogen) atoms. The normalized spacial score (nSPS) is 25.6. The van der Waals surface area contributed by atoms with Gasteiger partial charge < -0.3 is 9.22 Å². The zero-order chi connectivity index (χ0) is 15.3. The maximum absolute atomic E-state index is 12.4. The highest BCUT2D eigenvalue weighted by Gasteiger charge is 2.42. The van der Waals surface area contributed by atoms with Crippen molar-refractivity contribution in [3.8, 4) is 0 Å². The molecule has 1 aliphatic rings. The van der Waals surface area contributed by atoms with Crippen LogP contribution in [0.3, 0.4) is 0 Å². The maximum atomic E-state index is 12.4. The molecule has 0 bridgehead atoms. The van der Waals surface area contributed by atoms with Gasteiger partial charge in [0.05, 0.1) is 19.7 Å². The average molecular weight is 290 g/mol. The number of likely N-dealkylation sites (N-methyl/N-ethyl adjacent to an activating group) is 1. The molecule has 1 aromatic carbocycles. The van der Waals surface area contributed by atoms with Gasteiger partial charge in [-0.15, -0.1) is 0 Å². The van der Waals surface area contributed by atoms with Crippen LogP contribution >= 0.6 is 0 Å². The lowest BCUT2D eigenvalue weighted by atomic mass is 9.93. The van der Waals surface area contributed by atoms with Gasteiger partial charge in [-0.2, -0.15) is 0 Å². The van der Waals surface area contributed by atoms with Gasteiger partial charge in [-0.3, -0.25) is 9.59 Å². The molecular formula is C17H24NO3+. The second-order valence-corrected chi connectivity index (χ2v) is 5.74. The fraction of sp³-hybridized carbons (Fsp3) is 0.529. The average Bonchev–Trinajstić information content (AvgIpc) is 2.48. The summed E-state index contributed by atoms with van der Waals surface area (Å²) >= 11 is 0. The van der Waals surface area contributed by atoms with E-state index in [0.29, 0.717) is 19.6 Å². The third kappa shape index (κ3) is 3.70. The van der Waals surface area contributed by atoms with E-state index in [1.807, 2.05) is 18.2 Å². The molecule has 1 fully saturated rings. The van der Waals surface area contributed by atoms with E-state index in [0.717, 1.165) is 24.1 Å². The minimum absolute atomic E-state index is 0.0254. The molecule has 0 aromatic heterocycles. The van der Waals surface area contributed by atoms with E-state index >= 15 is 0 Å². The van der Waals surface area contributed by atoms with Crippen molar-refractivity contribution in [3.63, 3.8) is 0 Å². The first-order valence-electron chi connectivity index (χ1n) is 7.68. The Bertz CT molecular complexity index is 500. The molecule has 0 amide bonds. The Morgan fingerprint density at radius 1 is 1.29 bits per heavy atom. The first kappa shape index (κ1) is 15.7. The molecule has 4 heteroatoms. The van der Waals surface area contributed by atoms with Gasteiger partial charge in [0.25, 0.3) is 0 Å². The number of hydrogen-bond acceptors (Lipinski definition) is 3. The van der Waals surface area contributed by atoms with Crippen LogP contribution in [-0.4, -0.2) is 42.5 Å². The standard InChI is InChI=1S/C17H24NO3/c1-3-18(12-14-8-6-5-7-9-14)11-10-15(16(19)13-18)17(20)21-4-2/h5-9,15H,3-4,10-13H2,1-2H3/q+1. The van der Waals surface area contributed by atoms with Crippen molar-refractivity contribution in [1.82, 2.24) is 0 Å². The van der Waals surface area contributed by atoms with Gasteiger partial charge >= 0.3 is 5.97 Å². The molecule has 0 N–H and O–H groups in total. The molecule has 0 saturated carbocycles. The highest BCUT2D eigenvalue weighted by Crippen LogP contribution is 2.25. The highest BCUT2D eigenvalue weighted by atomic mass is 16.5. The minimum Gasteiger partial charge on any atom is -0.465 e. The van der Waals surface area contributed by atoms with E-state index in [1.165, 1.54) is 5.56 Å². The van der Waals surface area contributed by atoms with Crippen molar-refractivity contribution in [2.24, 2.45) is 5.92 Å². The lowest BCUT2D eigenvalue weighted by molar-refractivity contribution is -0.934. The summed E-state index contributed by atoms with van der Waals surface area (Å²) in [6.07, 6.45) is 0.596. The van der Waals surface area contributed by atoms with Gasteiger partial charge in [0, 0.05) is 12.0 Å². The fourth-order valence-corrected chi connectivity index (χ4v) is 3.06. The Balaban J connectivity index is 2.07. The van der Waals surface area contributed by atoms with E-state index in [4.69, 9.17) is 4.74 Å². The van der Waals surface area contributed by atoms with Gasteiger partial charge in [0.2, 0.25) is 5.78 Å². The van der Waals surface area contributed by atoms with Crippen LogP contribution < -0.4 is 0 Å². The fourth-order valence-electron chi connectivity index (χ4n) is 3.06.